The third-order valence-electron chi connectivity index (χ3n) is 7.85. The summed E-state index contributed by atoms with van der Waals surface area (Å²) >= 11 is -4.17. The minimum atomic E-state index is -4.17. The van der Waals surface area contributed by atoms with Gasteiger partial charge < -0.3 is 0 Å². The first-order valence-corrected chi connectivity index (χ1v) is 22.5. The number of hydrogen-bond acceptors (Lipinski definition) is 6. The Morgan fingerprint density at radius 3 is 1.21 bits per heavy atom. The van der Waals surface area contributed by atoms with Gasteiger partial charge in [-0.1, -0.05) is 0 Å². The first kappa shape index (κ1) is 38.1. The SMILES string of the molecule is CCCCC(CC)CCC(=O)CC(=O)[O][Sn]([CH2]CCC)([CH2]CCC)[O]C(=O)CC(=O)CCC(CC)CCCC. The number of unbranched alkanes of at least 4 members (excludes halogenated alkanes) is 4. The molecule has 7 heteroatoms. The van der Waals surface area contributed by atoms with Gasteiger partial charge in [0.25, 0.3) is 0 Å². The molecule has 0 fully saturated rings. The maximum absolute atomic E-state index is 12.9. The van der Waals surface area contributed by atoms with Crippen molar-refractivity contribution in [3.05, 3.63) is 0 Å². The Hall–Kier alpha value is -0.921. The Morgan fingerprint density at radius 2 is 0.897 bits per heavy atom. The summed E-state index contributed by atoms with van der Waals surface area (Å²) in [7, 11) is 0. The quantitative estimate of drug-likeness (QED) is 0.0681. The van der Waals surface area contributed by atoms with Gasteiger partial charge in [0.1, 0.15) is 0 Å². The maximum atomic E-state index is 12.9. The summed E-state index contributed by atoms with van der Waals surface area (Å²) in [4.78, 5) is 51.1. The molecule has 228 valence electrons. The van der Waals surface area contributed by atoms with Crippen molar-refractivity contribution in [1.82, 2.24) is 0 Å². The van der Waals surface area contributed by atoms with Gasteiger partial charge in [-0.05, 0) is 0 Å². The summed E-state index contributed by atoms with van der Waals surface area (Å²) < 4.78 is 13.2. The third kappa shape index (κ3) is 18.9. The van der Waals surface area contributed by atoms with E-state index in [0.717, 1.165) is 89.9 Å². The molecule has 0 saturated carbocycles. The van der Waals surface area contributed by atoms with Crippen LogP contribution in [0.3, 0.4) is 0 Å². The van der Waals surface area contributed by atoms with Crippen molar-refractivity contribution >= 4 is 42.7 Å². The molecule has 0 amide bonds. The molecule has 0 aliphatic rings. The molecule has 0 aromatic rings. The van der Waals surface area contributed by atoms with E-state index in [1.807, 2.05) is 0 Å². The van der Waals surface area contributed by atoms with E-state index in [9.17, 15) is 19.2 Å². The molecule has 0 radical (unpaired) electrons. The topological polar surface area (TPSA) is 86.7 Å². The molecule has 0 aromatic heterocycles. The summed E-state index contributed by atoms with van der Waals surface area (Å²) in [6, 6.07) is 0. The molecule has 0 saturated heterocycles. The van der Waals surface area contributed by atoms with E-state index in [0.29, 0.717) is 33.6 Å². The first-order valence-electron chi connectivity index (χ1n) is 16.2. The average Bonchev–Trinajstić information content (AvgIpc) is 2.90. The predicted octanol–water partition coefficient (Wildman–Crippen LogP) is 9.03. The van der Waals surface area contributed by atoms with Crippen molar-refractivity contribution in [3.8, 4) is 0 Å². The van der Waals surface area contributed by atoms with E-state index in [-0.39, 0.29) is 24.4 Å². The molecule has 0 N–H and O–H groups in total. The van der Waals surface area contributed by atoms with E-state index in [1.165, 1.54) is 0 Å². The van der Waals surface area contributed by atoms with Crippen LogP contribution in [0.4, 0.5) is 0 Å². The molecule has 0 rings (SSSR count). The minimum absolute atomic E-state index is 0.101. The van der Waals surface area contributed by atoms with Gasteiger partial charge in [0.05, 0.1) is 0 Å². The summed E-state index contributed by atoms with van der Waals surface area (Å²) in [6.45, 7) is 12.7. The van der Waals surface area contributed by atoms with Gasteiger partial charge in [-0.25, -0.2) is 0 Å². The van der Waals surface area contributed by atoms with Crippen LogP contribution >= 0.6 is 0 Å². The predicted molar refractivity (Wildman–Crippen MR) is 162 cm³/mol. The number of Topliss-reactive ketones (excluding diaryl/α,β-unsaturated/α-hetero) is 2. The van der Waals surface area contributed by atoms with Gasteiger partial charge >= 0.3 is 246 Å². The fourth-order valence-corrected chi connectivity index (χ4v) is 14.9. The standard InChI is InChI=1S/2C12H22O3.2C4H9.Sn/c2*1-3-5-6-10(4-2)7-8-11(13)9-12(14)15;2*1-3-4-2;/h2*10H,3-9H2,1-2H3,(H,14,15);2*1,3-4H2,2H3;/q;;;;+2/p-2. The molecule has 0 aliphatic heterocycles. The van der Waals surface area contributed by atoms with Crippen molar-refractivity contribution in [2.24, 2.45) is 11.8 Å². The van der Waals surface area contributed by atoms with Crippen molar-refractivity contribution in [2.75, 3.05) is 0 Å². The van der Waals surface area contributed by atoms with Crippen LogP contribution in [0.25, 0.3) is 0 Å². The van der Waals surface area contributed by atoms with Crippen molar-refractivity contribution < 1.29 is 25.3 Å². The van der Waals surface area contributed by atoms with E-state index in [2.05, 4.69) is 41.5 Å². The molecule has 39 heavy (non-hydrogen) atoms. The molecule has 0 heterocycles. The van der Waals surface area contributed by atoms with Crippen molar-refractivity contribution in [1.29, 1.82) is 0 Å². The fourth-order valence-electron chi connectivity index (χ4n) is 5.05. The Balaban J connectivity index is 5.19. The van der Waals surface area contributed by atoms with Crippen molar-refractivity contribution in [3.63, 3.8) is 0 Å². The Labute approximate surface area is 245 Å². The zero-order valence-electron chi connectivity index (χ0n) is 26.2. The van der Waals surface area contributed by atoms with Gasteiger partial charge in [-0.2, -0.15) is 0 Å². The average molecular weight is 660 g/mol. The summed E-state index contributed by atoms with van der Waals surface area (Å²) in [6.07, 6.45) is 14.2. The normalized spacial score (nSPS) is 13.1. The van der Waals surface area contributed by atoms with Crippen LogP contribution in [-0.4, -0.2) is 42.7 Å². The Morgan fingerprint density at radius 1 is 0.538 bits per heavy atom. The van der Waals surface area contributed by atoms with Crippen LogP contribution in [0.5, 0.6) is 0 Å². The molecule has 6 nitrogen and oxygen atoms in total. The monoisotopic (exact) mass is 660 g/mol. The van der Waals surface area contributed by atoms with Crippen LogP contribution in [0, 0.1) is 11.8 Å². The number of rotatable bonds is 26. The molecule has 0 spiro atoms. The van der Waals surface area contributed by atoms with E-state index in [1.54, 1.807) is 0 Å². The van der Waals surface area contributed by atoms with Crippen LogP contribution in [0.2, 0.25) is 8.87 Å². The van der Waals surface area contributed by atoms with E-state index >= 15 is 0 Å². The molecule has 2 unspecified atom stereocenters. The third-order valence-corrected chi connectivity index (χ3v) is 17.6. The van der Waals surface area contributed by atoms with Gasteiger partial charge in [-0.3, -0.25) is 0 Å². The van der Waals surface area contributed by atoms with Gasteiger partial charge in [-0.15, -0.1) is 0 Å². The summed E-state index contributed by atoms with van der Waals surface area (Å²) in [5.41, 5.74) is 0. The van der Waals surface area contributed by atoms with E-state index in [4.69, 9.17) is 6.15 Å². The van der Waals surface area contributed by atoms with Crippen LogP contribution in [0.15, 0.2) is 0 Å². The van der Waals surface area contributed by atoms with E-state index < -0.39 is 31.1 Å². The molecule has 2 atom stereocenters. The number of hydrogen-bond donors (Lipinski definition) is 0. The van der Waals surface area contributed by atoms with Crippen LogP contribution in [0.1, 0.15) is 157 Å². The summed E-state index contributed by atoms with van der Waals surface area (Å²) in [5.74, 6) is -0.284. The zero-order valence-corrected chi connectivity index (χ0v) is 29.1. The Bertz CT molecular complexity index is 634. The second-order valence-electron chi connectivity index (χ2n) is 11.4. The molecule has 0 aliphatic carbocycles. The second kappa shape index (κ2) is 23.8. The van der Waals surface area contributed by atoms with Crippen LogP contribution < -0.4 is 0 Å². The summed E-state index contributed by atoms with van der Waals surface area (Å²) in [5, 5.41) is 0. The second-order valence-corrected chi connectivity index (χ2v) is 20.6. The molecular formula is C32H60O6Sn. The zero-order chi connectivity index (χ0) is 29.5. The van der Waals surface area contributed by atoms with Gasteiger partial charge in [0, 0.05) is 0 Å². The number of carbonyl (C=O) groups is 4. The first-order chi connectivity index (χ1) is 18.7. The fraction of sp³-hybridized carbons (Fsp3) is 0.875. The number of ketones is 2. The Kier molecular flexibility index (Phi) is 23.2. The molecule has 0 aromatic carbocycles. The van der Waals surface area contributed by atoms with Gasteiger partial charge in [0.15, 0.2) is 0 Å². The number of carbonyl (C=O) groups excluding carboxylic acids is 4. The molecular weight excluding hydrogens is 599 g/mol. The van der Waals surface area contributed by atoms with Crippen molar-refractivity contribution in [2.45, 2.75) is 166 Å². The van der Waals surface area contributed by atoms with Crippen LogP contribution in [-0.2, 0) is 25.3 Å². The van der Waals surface area contributed by atoms with Gasteiger partial charge in [0.2, 0.25) is 0 Å². The molecule has 0 bridgehead atoms.